The van der Waals surface area contributed by atoms with Crippen molar-refractivity contribution in [2.75, 3.05) is 19.0 Å². The first-order valence-electron chi connectivity index (χ1n) is 9.08. The fraction of sp³-hybridized carbons (Fsp3) is 0.250. The number of benzene rings is 2. The summed E-state index contributed by atoms with van der Waals surface area (Å²) in [6, 6.07) is 7.93. The van der Waals surface area contributed by atoms with Gasteiger partial charge in [0.05, 0.1) is 24.7 Å². The first-order valence-corrected chi connectivity index (χ1v) is 9.08. The minimum atomic E-state index is -1.28. The van der Waals surface area contributed by atoms with Crippen LogP contribution in [-0.4, -0.2) is 42.5 Å². The molecular weight excluding hydrogens is 410 g/mol. The van der Waals surface area contributed by atoms with Crippen LogP contribution in [0.25, 0.3) is 0 Å². The molecule has 2 rings (SSSR count). The van der Waals surface area contributed by atoms with Crippen molar-refractivity contribution in [3.05, 3.63) is 57.6 Å². The van der Waals surface area contributed by atoms with Crippen LogP contribution in [0, 0.1) is 10.1 Å². The largest absolute Gasteiger partial charge is 0.493 e. The number of amides is 2. The van der Waals surface area contributed by atoms with Crippen LogP contribution < -0.4 is 20.5 Å². The molecule has 0 radical (unpaired) electrons. The molecule has 0 saturated carbocycles. The molecule has 0 aromatic heterocycles. The van der Waals surface area contributed by atoms with Gasteiger partial charge < -0.3 is 25.3 Å². The van der Waals surface area contributed by atoms with E-state index in [-0.39, 0.29) is 29.2 Å². The van der Waals surface area contributed by atoms with Crippen molar-refractivity contribution in [1.82, 2.24) is 0 Å². The van der Waals surface area contributed by atoms with E-state index >= 15 is 0 Å². The van der Waals surface area contributed by atoms with E-state index < -0.39 is 34.5 Å². The van der Waals surface area contributed by atoms with Crippen molar-refractivity contribution >= 4 is 29.2 Å². The lowest BCUT2D eigenvalue weighted by atomic mass is 10.1. The molecule has 2 aromatic carbocycles. The highest BCUT2D eigenvalue weighted by Gasteiger charge is 2.28. The first kappa shape index (κ1) is 23.1. The van der Waals surface area contributed by atoms with Crippen LogP contribution in [0.1, 0.15) is 34.6 Å². The summed E-state index contributed by atoms with van der Waals surface area (Å²) >= 11 is 0. The SMILES string of the molecule is CCOc1cc(C(=O)OC(C)C(=O)Nc2ccc(C(N)=O)cc2)c([N+](=O)[O-])cc1OC. The molecular formula is C20H21N3O8. The molecule has 0 aliphatic heterocycles. The van der Waals surface area contributed by atoms with Gasteiger partial charge in [0.2, 0.25) is 5.91 Å². The van der Waals surface area contributed by atoms with E-state index in [1.54, 1.807) is 6.92 Å². The summed E-state index contributed by atoms with van der Waals surface area (Å²) in [6.45, 7) is 3.24. The minimum Gasteiger partial charge on any atom is -0.493 e. The van der Waals surface area contributed by atoms with Crippen LogP contribution in [0.15, 0.2) is 36.4 Å². The first-order chi connectivity index (χ1) is 14.7. The van der Waals surface area contributed by atoms with E-state index in [1.165, 1.54) is 38.3 Å². The quantitative estimate of drug-likeness (QED) is 0.347. The summed E-state index contributed by atoms with van der Waals surface area (Å²) in [7, 11) is 1.31. The number of carbonyl (C=O) groups excluding carboxylic acids is 3. The fourth-order valence-electron chi connectivity index (χ4n) is 2.53. The highest BCUT2D eigenvalue weighted by atomic mass is 16.6. The van der Waals surface area contributed by atoms with E-state index in [9.17, 15) is 24.5 Å². The number of primary amides is 1. The maximum atomic E-state index is 12.6. The number of nitro groups is 1. The summed E-state index contributed by atoms with van der Waals surface area (Å²) in [5.74, 6) is -2.18. The van der Waals surface area contributed by atoms with E-state index in [1.807, 2.05) is 0 Å². The third-order valence-electron chi connectivity index (χ3n) is 4.09. The molecule has 1 atom stereocenters. The zero-order chi connectivity index (χ0) is 23.1. The molecule has 2 amide bonds. The summed E-state index contributed by atoms with van der Waals surface area (Å²) in [6.07, 6.45) is -1.28. The molecule has 0 fully saturated rings. The Balaban J connectivity index is 2.19. The molecule has 0 saturated heterocycles. The van der Waals surface area contributed by atoms with Crippen molar-refractivity contribution in [2.45, 2.75) is 20.0 Å². The standard InChI is InChI=1S/C20H21N3O8/c1-4-30-17-9-14(15(23(27)28)10-16(17)29-3)20(26)31-11(2)19(25)22-13-7-5-12(6-8-13)18(21)24/h5-11H,4H2,1-3H3,(H2,21,24)(H,22,25). The Morgan fingerprint density at radius 2 is 1.81 bits per heavy atom. The fourth-order valence-corrected chi connectivity index (χ4v) is 2.53. The maximum Gasteiger partial charge on any atom is 0.346 e. The van der Waals surface area contributed by atoms with Gasteiger partial charge >= 0.3 is 5.97 Å². The monoisotopic (exact) mass is 431 g/mol. The molecule has 31 heavy (non-hydrogen) atoms. The van der Waals surface area contributed by atoms with E-state index in [4.69, 9.17) is 19.9 Å². The predicted octanol–water partition coefficient (Wildman–Crippen LogP) is 2.29. The molecule has 0 aliphatic rings. The van der Waals surface area contributed by atoms with E-state index in [0.29, 0.717) is 5.69 Å². The Kier molecular flexibility index (Phi) is 7.50. The van der Waals surface area contributed by atoms with Crippen LogP contribution in [0.3, 0.4) is 0 Å². The average Bonchev–Trinajstić information content (AvgIpc) is 2.73. The van der Waals surface area contributed by atoms with Crippen LogP contribution in [0.2, 0.25) is 0 Å². The van der Waals surface area contributed by atoms with Crippen molar-refractivity contribution in [3.63, 3.8) is 0 Å². The highest BCUT2D eigenvalue weighted by Crippen LogP contribution is 2.35. The van der Waals surface area contributed by atoms with Gasteiger partial charge in [0.25, 0.3) is 11.6 Å². The summed E-state index contributed by atoms with van der Waals surface area (Å²) in [4.78, 5) is 46.6. The maximum absolute atomic E-state index is 12.6. The van der Waals surface area contributed by atoms with Crippen molar-refractivity contribution < 1.29 is 33.5 Å². The Bertz CT molecular complexity index is 1000. The number of rotatable bonds is 9. The van der Waals surface area contributed by atoms with Gasteiger partial charge in [-0.15, -0.1) is 0 Å². The molecule has 2 aromatic rings. The van der Waals surface area contributed by atoms with Gasteiger partial charge in [0.1, 0.15) is 5.56 Å². The highest BCUT2D eigenvalue weighted by molar-refractivity contribution is 6.00. The lowest BCUT2D eigenvalue weighted by Gasteiger charge is -2.15. The molecule has 11 heteroatoms. The lowest BCUT2D eigenvalue weighted by molar-refractivity contribution is -0.385. The Labute approximate surface area is 177 Å². The number of ether oxygens (including phenoxy) is 3. The third-order valence-corrected chi connectivity index (χ3v) is 4.09. The van der Waals surface area contributed by atoms with Crippen molar-refractivity contribution in [3.8, 4) is 11.5 Å². The number of hydrogen-bond donors (Lipinski definition) is 2. The Morgan fingerprint density at radius 1 is 1.16 bits per heavy atom. The van der Waals surface area contributed by atoms with E-state index in [0.717, 1.165) is 12.1 Å². The predicted molar refractivity (Wildman–Crippen MR) is 109 cm³/mol. The second-order valence-electron chi connectivity index (χ2n) is 6.19. The molecule has 164 valence electrons. The Hall–Kier alpha value is -4.15. The topological polar surface area (TPSA) is 160 Å². The zero-order valence-electron chi connectivity index (χ0n) is 17.0. The molecule has 0 heterocycles. The van der Waals surface area contributed by atoms with Gasteiger partial charge in [-0.1, -0.05) is 0 Å². The summed E-state index contributed by atoms with van der Waals surface area (Å²) in [5.41, 5.74) is 4.81. The number of esters is 1. The molecule has 3 N–H and O–H groups in total. The summed E-state index contributed by atoms with van der Waals surface area (Å²) in [5, 5.41) is 13.9. The van der Waals surface area contributed by atoms with Crippen molar-refractivity contribution in [2.24, 2.45) is 5.73 Å². The van der Waals surface area contributed by atoms with Crippen LogP contribution in [-0.2, 0) is 9.53 Å². The van der Waals surface area contributed by atoms with Gasteiger partial charge in [-0.2, -0.15) is 0 Å². The van der Waals surface area contributed by atoms with Crippen LogP contribution in [0.4, 0.5) is 11.4 Å². The average molecular weight is 431 g/mol. The molecule has 1 unspecified atom stereocenters. The zero-order valence-corrected chi connectivity index (χ0v) is 17.0. The normalized spacial score (nSPS) is 11.2. The number of nitrogens with one attached hydrogen (secondary N) is 1. The van der Waals surface area contributed by atoms with Gasteiger partial charge in [0, 0.05) is 17.3 Å². The molecule has 0 bridgehead atoms. The molecule has 11 nitrogen and oxygen atoms in total. The number of methoxy groups -OCH3 is 1. The number of nitro benzene ring substituents is 1. The number of hydrogen-bond acceptors (Lipinski definition) is 8. The second kappa shape index (κ2) is 10.1. The third kappa shape index (κ3) is 5.69. The Morgan fingerprint density at radius 3 is 2.32 bits per heavy atom. The van der Waals surface area contributed by atoms with Crippen molar-refractivity contribution in [1.29, 1.82) is 0 Å². The summed E-state index contributed by atoms with van der Waals surface area (Å²) < 4.78 is 15.5. The van der Waals surface area contributed by atoms with Gasteiger partial charge in [-0.05, 0) is 38.1 Å². The number of nitrogens with two attached hydrogens (primary N) is 1. The number of anilines is 1. The van der Waals surface area contributed by atoms with Crippen LogP contribution >= 0.6 is 0 Å². The molecule has 0 spiro atoms. The number of carbonyl (C=O) groups is 3. The molecule has 0 aliphatic carbocycles. The van der Waals surface area contributed by atoms with Gasteiger partial charge in [-0.3, -0.25) is 19.7 Å². The number of nitrogens with zero attached hydrogens (tertiary/aromatic N) is 1. The van der Waals surface area contributed by atoms with Gasteiger partial charge in [0.15, 0.2) is 17.6 Å². The lowest BCUT2D eigenvalue weighted by Crippen LogP contribution is -2.30. The smallest absolute Gasteiger partial charge is 0.346 e. The van der Waals surface area contributed by atoms with Crippen LogP contribution in [0.5, 0.6) is 11.5 Å². The second-order valence-corrected chi connectivity index (χ2v) is 6.19. The van der Waals surface area contributed by atoms with E-state index in [2.05, 4.69) is 5.32 Å². The van der Waals surface area contributed by atoms with Gasteiger partial charge in [-0.25, -0.2) is 4.79 Å². The minimum absolute atomic E-state index is 0.0790.